The van der Waals surface area contributed by atoms with Crippen molar-refractivity contribution in [2.75, 3.05) is 13.2 Å². The van der Waals surface area contributed by atoms with Gasteiger partial charge < -0.3 is 14.2 Å². The van der Waals surface area contributed by atoms with Crippen LogP contribution in [-0.2, 0) is 28.6 Å². The van der Waals surface area contributed by atoms with Crippen LogP contribution < -0.4 is 0 Å². The molecule has 82 heavy (non-hydrogen) atoms. The summed E-state index contributed by atoms with van der Waals surface area (Å²) in [6.45, 7) is 6.30. The molecule has 0 fully saturated rings. The first-order valence-corrected chi connectivity index (χ1v) is 32.4. The molecule has 0 N–H and O–H groups in total. The second kappa shape index (κ2) is 67.8. The van der Waals surface area contributed by atoms with Crippen LogP contribution in [0.3, 0.4) is 0 Å². The zero-order valence-corrected chi connectivity index (χ0v) is 52.2. The molecule has 6 heteroatoms. The largest absolute Gasteiger partial charge is 0.462 e. The lowest BCUT2D eigenvalue weighted by Gasteiger charge is -2.18. The molecule has 0 radical (unpaired) electrons. The summed E-state index contributed by atoms with van der Waals surface area (Å²) in [7, 11) is 0. The molecule has 0 aromatic carbocycles. The van der Waals surface area contributed by atoms with E-state index in [2.05, 4.69) is 215 Å². The summed E-state index contributed by atoms with van der Waals surface area (Å²) in [4.78, 5) is 38.1. The number of unbranched alkanes of at least 4 members (excludes halogenated alkanes) is 13. The van der Waals surface area contributed by atoms with E-state index in [1.165, 1.54) is 32.1 Å². The fraction of sp³-hybridized carbons (Fsp3) is 0.539. The Labute approximate surface area is 503 Å². The van der Waals surface area contributed by atoms with Gasteiger partial charge in [-0.2, -0.15) is 0 Å². The first-order valence-electron chi connectivity index (χ1n) is 32.4. The van der Waals surface area contributed by atoms with Crippen molar-refractivity contribution >= 4 is 17.9 Å². The third-order valence-corrected chi connectivity index (χ3v) is 12.8. The number of carbonyl (C=O) groups excluding carboxylic acids is 3. The van der Waals surface area contributed by atoms with Crippen molar-refractivity contribution in [3.63, 3.8) is 0 Å². The van der Waals surface area contributed by atoms with E-state index in [0.29, 0.717) is 19.3 Å². The predicted molar refractivity (Wildman–Crippen MR) is 357 cm³/mol. The number of rotatable bonds is 56. The van der Waals surface area contributed by atoms with E-state index in [1.54, 1.807) is 0 Å². The average molecular weight is 1130 g/mol. The second-order valence-electron chi connectivity index (χ2n) is 20.6. The maximum absolute atomic E-state index is 12.9. The number of hydrogen-bond acceptors (Lipinski definition) is 6. The molecule has 0 bridgehead atoms. The summed E-state index contributed by atoms with van der Waals surface area (Å²) < 4.78 is 16.8. The molecular weight excluding hydrogens is 1010 g/mol. The van der Waals surface area contributed by atoms with E-state index < -0.39 is 6.10 Å². The zero-order chi connectivity index (χ0) is 59.2. The van der Waals surface area contributed by atoms with Gasteiger partial charge in [0.05, 0.1) is 0 Å². The zero-order valence-electron chi connectivity index (χ0n) is 52.2. The molecule has 0 aromatic heterocycles. The van der Waals surface area contributed by atoms with Crippen molar-refractivity contribution in [1.82, 2.24) is 0 Å². The Balaban J connectivity index is 4.35. The van der Waals surface area contributed by atoms with E-state index >= 15 is 0 Å². The molecule has 1 unspecified atom stereocenters. The van der Waals surface area contributed by atoms with Crippen LogP contribution in [0.4, 0.5) is 0 Å². The summed E-state index contributed by atoms with van der Waals surface area (Å²) in [5, 5.41) is 0. The molecule has 0 aromatic rings. The Morgan fingerprint density at radius 1 is 0.256 bits per heavy atom. The molecule has 0 spiro atoms. The fourth-order valence-corrected chi connectivity index (χ4v) is 8.07. The van der Waals surface area contributed by atoms with E-state index in [4.69, 9.17) is 14.2 Å². The Bertz CT molecular complexity index is 1970. The SMILES string of the molecule is CC/C=C\C/C=C\C/C=C\C/C=C\C/C=C\C/C=C\C/C=C\C/C=C\C/C=C\CCCCCCCC(=O)OCC(COC(=O)CCCCCCCCCC)OC(=O)CCC/C=C\C/C=C\C/C=C\C/C=C\C/C=C\C/C=C\C/C=C\CC. The monoisotopic (exact) mass is 1120 g/mol. The van der Waals surface area contributed by atoms with Gasteiger partial charge in [-0.25, -0.2) is 0 Å². The smallest absolute Gasteiger partial charge is 0.306 e. The molecule has 0 aliphatic rings. The molecule has 456 valence electrons. The number of ether oxygens (including phenoxy) is 3. The van der Waals surface area contributed by atoms with E-state index in [0.717, 1.165) is 167 Å². The van der Waals surface area contributed by atoms with Crippen molar-refractivity contribution in [1.29, 1.82) is 0 Å². The third kappa shape index (κ3) is 65.1. The minimum Gasteiger partial charge on any atom is -0.462 e. The van der Waals surface area contributed by atoms with Gasteiger partial charge in [-0.1, -0.05) is 279 Å². The minimum atomic E-state index is -0.826. The highest BCUT2D eigenvalue weighted by molar-refractivity contribution is 5.71. The quantitative estimate of drug-likeness (QED) is 0.0261. The van der Waals surface area contributed by atoms with Gasteiger partial charge in [0.15, 0.2) is 6.10 Å². The van der Waals surface area contributed by atoms with E-state index in [1.807, 2.05) is 0 Å². The Kier molecular flexibility index (Phi) is 63.0. The van der Waals surface area contributed by atoms with Crippen LogP contribution in [0.25, 0.3) is 0 Å². The first-order chi connectivity index (χ1) is 40.5. The van der Waals surface area contributed by atoms with Crippen molar-refractivity contribution in [2.45, 2.75) is 252 Å². The molecule has 0 aliphatic carbocycles. The second-order valence-corrected chi connectivity index (χ2v) is 20.6. The van der Waals surface area contributed by atoms with Gasteiger partial charge >= 0.3 is 17.9 Å². The molecule has 0 amide bonds. The number of esters is 3. The summed E-state index contributed by atoms with van der Waals surface area (Å²) in [5.74, 6) is -1.01. The number of carbonyl (C=O) groups is 3. The highest BCUT2D eigenvalue weighted by atomic mass is 16.6. The number of hydrogen-bond donors (Lipinski definition) is 0. The maximum Gasteiger partial charge on any atom is 0.306 e. The van der Waals surface area contributed by atoms with Gasteiger partial charge in [-0.15, -0.1) is 0 Å². The van der Waals surface area contributed by atoms with Gasteiger partial charge in [0.2, 0.25) is 0 Å². The van der Waals surface area contributed by atoms with Gasteiger partial charge in [0.25, 0.3) is 0 Å². The van der Waals surface area contributed by atoms with E-state index in [9.17, 15) is 14.4 Å². The molecule has 1 atom stereocenters. The first kappa shape index (κ1) is 76.2. The van der Waals surface area contributed by atoms with Crippen LogP contribution in [-0.4, -0.2) is 37.2 Å². The van der Waals surface area contributed by atoms with Gasteiger partial charge in [0.1, 0.15) is 13.2 Å². The van der Waals surface area contributed by atoms with E-state index in [-0.39, 0.29) is 37.5 Å². The number of allylic oxidation sites excluding steroid dienone is 32. The lowest BCUT2D eigenvalue weighted by Crippen LogP contribution is -2.30. The normalized spacial score (nSPS) is 13.5. The van der Waals surface area contributed by atoms with Crippen LogP contribution in [0.2, 0.25) is 0 Å². The van der Waals surface area contributed by atoms with Crippen LogP contribution in [0.1, 0.15) is 245 Å². The molecule has 0 aliphatic heterocycles. The summed E-state index contributed by atoms with van der Waals surface area (Å²) in [6, 6.07) is 0. The molecule has 0 saturated heterocycles. The van der Waals surface area contributed by atoms with Crippen molar-refractivity contribution < 1.29 is 28.6 Å². The van der Waals surface area contributed by atoms with Gasteiger partial charge in [0, 0.05) is 19.3 Å². The summed E-state index contributed by atoms with van der Waals surface area (Å²) in [5.41, 5.74) is 0. The standard InChI is InChI=1S/C76H116O6/c1-4-7-10-13-16-19-21-23-25-27-29-31-33-34-35-36-37-38-39-40-41-42-44-45-47-49-51-53-55-57-60-63-66-69-75(78)81-72-73(71-80-74(77)68-65-62-59-18-15-12-9-6-3)82-76(79)70-67-64-61-58-56-54-52-50-48-46-43-32-30-28-26-24-22-20-17-14-11-8-5-2/h7-8,10-11,16-17,19-20,23-26,29-32,34-35,37-38,40-41,44-46,48-49,51-52,54,58,61,73H,4-6,9,12-15,18,21-22,27-28,33,36,39,42-43,47,50,53,55-57,59-60,62-72H2,1-3H3/b10-7-,11-8-,19-16-,20-17-,25-23-,26-24-,31-29-,32-30-,35-34-,38-37-,41-40-,45-44-,48-46-,51-49-,54-52-,61-58-. The maximum atomic E-state index is 12.9. The van der Waals surface area contributed by atoms with Gasteiger partial charge in [-0.3, -0.25) is 14.4 Å². The Morgan fingerprint density at radius 2 is 0.488 bits per heavy atom. The van der Waals surface area contributed by atoms with Crippen molar-refractivity contribution in [3.8, 4) is 0 Å². The average Bonchev–Trinajstić information content (AvgIpc) is 3.47. The Morgan fingerprint density at radius 3 is 0.780 bits per heavy atom. The van der Waals surface area contributed by atoms with Crippen molar-refractivity contribution in [2.24, 2.45) is 0 Å². The van der Waals surface area contributed by atoms with Crippen LogP contribution in [0, 0.1) is 0 Å². The lowest BCUT2D eigenvalue weighted by atomic mass is 10.1. The Hall–Kier alpha value is -5.75. The molecule has 0 heterocycles. The lowest BCUT2D eigenvalue weighted by molar-refractivity contribution is -0.167. The third-order valence-electron chi connectivity index (χ3n) is 12.8. The van der Waals surface area contributed by atoms with Crippen LogP contribution in [0.15, 0.2) is 194 Å². The van der Waals surface area contributed by atoms with Crippen LogP contribution >= 0.6 is 0 Å². The minimum absolute atomic E-state index is 0.116. The molecule has 0 saturated carbocycles. The summed E-state index contributed by atoms with van der Waals surface area (Å²) >= 11 is 0. The van der Waals surface area contributed by atoms with Crippen molar-refractivity contribution in [3.05, 3.63) is 194 Å². The molecular formula is C76H116O6. The predicted octanol–water partition coefficient (Wildman–Crippen LogP) is 22.6. The molecule has 6 nitrogen and oxygen atoms in total. The molecule has 0 rings (SSSR count). The summed E-state index contributed by atoms with van der Waals surface area (Å²) in [6.07, 6.45) is 103. The highest BCUT2D eigenvalue weighted by Gasteiger charge is 2.19. The topological polar surface area (TPSA) is 78.9 Å². The van der Waals surface area contributed by atoms with Crippen LogP contribution in [0.5, 0.6) is 0 Å². The van der Waals surface area contributed by atoms with Gasteiger partial charge in [-0.05, 0) is 141 Å². The highest BCUT2D eigenvalue weighted by Crippen LogP contribution is 2.13. The fourth-order valence-electron chi connectivity index (χ4n) is 8.07.